The van der Waals surface area contributed by atoms with Crippen molar-refractivity contribution in [1.29, 1.82) is 0 Å². The second-order valence-electron chi connectivity index (χ2n) is 8.95. The van der Waals surface area contributed by atoms with E-state index in [2.05, 4.69) is 71.8 Å². The fourth-order valence-electron chi connectivity index (χ4n) is 3.48. The molecular formula is C23H43ClN2O2Si. The fraction of sp³-hybridized carbons (Fsp3) is 0.783. The highest BCUT2D eigenvalue weighted by Crippen LogP contribution is 2.34. The van der Waals surface area contributed by atoms with Crippen molar-refractivity contribution in [2.45, 2.75) is 92.2 Å². The molecule has 0 fully saturated rings. The molecule has 1 N–H and O–H groups in total. The van der Waals surface area contributed by atoms with Gasteiger partial charge in [-0.25, -0.2) is 4.98 Å². The minimum atomic E-state index is -1.79. The molecule has 0 radical (unpaired) electrons. The van der Waals surface area contributed by atoms with Crippen molar-refractivity contribution in [2.75, 3.05) is 19.7 Å². The maximum atomic E-state index is 6.87. The van der Waals surface area contributed by atoms with Gasteiger partial charge in [-0.1, -0.05) is 46.2 Å². The summed E-state index contributed by atoms with van der Waals surface area (Å²) < 4.78 is 12.9. The molecule has 1 rings (SSSR count). The summed E-state index contributed by atoms with van der Waals surface area (Å²) in [5, 5.41) is 4.11. The smallest absolute Gasteiger partial charge is 0.192 e. The van der Waals surface area contributed by atoms with E-state index in [9.17, 15) is 0 Å². The Bertz CT molecular complexity index is 602. The molecule has 0 aliphatic heterocycles. The number of hydrogen-bond donors (Lipinski definition) is 1. The summed E-state index contributed by atoms with van der Waals surface area (Å²) in [5.41, 5.74) is 3.00. The molecule has 0 aliphatic carbocycles. The predicted molar refractivity (Wildman–Crippen MR) is 127 cm³/mol. The van der Waals surface area contributed by atoms with Gasteiger partial charge in [-0.15, -0.1) is 0 Å². The number of pyridine rings is 1. The highest BCUT2D eigenvalue weighted by atomic mass is 35.5. The number of rotatable bonds is 13. The van der Waals surface area contributed by atoms with Gasteiger partial charge in [-0.3, -0.25) is 0 Å². The van der Waals surface area contributed by atoms with Crippen LogP contribution in [0.4, 0.5) is 0 Å². The van der Waals surface area contributed by atoms with E-state index in [-0.39, 0.29) is 11.7 Å². The molecule has 0 aromatic carbocycles. The zero-order valence-corrected chi connectivity index (χ0v) is 21.9. The minimum Gasteiger partial charge on any atom is -0.409 e. The second kappa shape index (κ2) is 11.8. The summed E-state index contributed by atoms with van der Waals surface area (Å²) in [6, 6.07) is 5.42. The van der Waals surface area contributed by atoms with Crippen LogP contribution < -0.4 is 5.32 Å². The summed E-state index contributed by atoms with van der Waals surface area (Å²) in [5.74, 6) is 0.476. The maximum Gasteiger partial charge on any atom is 0.192 e. The van der Waals surface area contributed by atoms with Gasteiger partial charge in [-0.05, 0) is 63.4 Å². The fourth-order valence-corrected chi connectivity index (χ4v) is 6.69. The van der Waals surface area contributed by atoms with Gasteiger partial charge in [0.15, 0.2) is 8.32 Å². The average Bonchev–Trinajstić information content (AvgIpc) is 2.64. The van der Waals surface area contributed by atoms with Crippen molar-refractivity contribution < 1.29 is 9.16 Å². The first-order valence-corrected chi connectivity index (χ1v) is 14.1. The standard InChI is InChI=1S/C23H43ClN2O2Si/c1-10-29(11-2,12-3)28-20(21-18(6)15-19(7)26-22(21)24)16-25-13-14-27-23(8,9)17(4)5/h15,17,20,25H,10-14,16H2,1-9H3. The third kappa shape index (κ3) is 7.62. The van der Waals surface area contributed by atoms with Gasteiger partial charge in [0.2, 0.25) is 0 Å². The molecule has 0 amide bonds. The molecule has 1 unspecified atom stereocenters. The molecular weight excluding hydrogens is 400 g/mol. The van der Waals surface area contributed by atoms with Crippen molar-refractivity contribution in [1.82, 2.24) is 10.3 Å². The van der Waals surface area contributed by atoms with Gasteiger partial charge in [0.1, 0.15) is 5.15 Å². The van der Waals surface area contributed by atoms with Crippen LogP contribution in [0.2, 0.25) is 23.3 Å². The molecule has 4 nitrogen and oxygen atoms in total. The predicted octanol–water partition coefficient (Wildman–Crippen LogP) is 6.46. The maximum absolute atomic E-state index is 6.87. The lowest BCUT2D eigenvalue weighted by Crippen LogP contribution is -2.41. The third-order valence-corrected chi connectivity index (χ3v) is 11.4. The molecule has 1 aromatic rings. The minimum absolute atomic E-state index is 0.0831. The van der Waals surface area contributed by atoms with Gasteiger partial charge in [0.25, 0.3) is 0 Å². The van der Waals surface area contributed by atoms with E-state index in [4.69, 9.17) is 20.8 Å². The van der Waals surface area contributed by atoms with Crippen molar-refractivity contribution >= 4 is 19.9 Å². The van der Waals surface area contributed by atoms with Crippen molar-refractivity contribution in [2.24, 2.45) is 5.92 Å². The Balaban J connectivity index is 2.93. The van der Waals surface area contributed by atoms with Gasteiger partial charge in [0, 0.05) is 24.3 Å². The molecule has 168 valence electrons. The van der Waals surface area contributed by atoms with Crippen molar-refractivity contribution in [3.63, 3.8) is 0 Å². The van der Waals surface area contributed by atoms with Crippen LogP contribution in [0.15, 0.2) is 6.07 Å². The summed E-state index contributed by atoms with van der Waals surface area (Å²) in [6.07, 6.45) is -0.0831. The third-order valence-electron chi connectivity index (χ3n) is 6.47. The van der Waals surface area contributed by atoms with Crippen LogP contribution in [0.5, 0.6) is 0 Å². The van der Waals surface area contributed by atoms with E-state index in [0.717, 1.165) is 41.5 Å². The van der Waals surface area contributed by atoms with E-state index >= 15 is 0 Å². The summed E-state index contributed by atoms with van der Waals surface area (Å²) >= 11 is 6.59. The Morgan fingerprint density at radius 3 is 2.21 bits per heavy atom. The quantitative estimate of drug-likeness (QED) is 0.216. The highest BCUT2D eigenvalue weighted by molar-refractivity contribution is 6.73. The van der Waals surface area contributed by atoms with Crippen LogP contribution in [-0.4, -0.2) is 38.6 Å². The molecule has 0 spiro atoms. The van der Waals surface area contributed by atoms with E-state index in [1.54, 1.807) is 0 Å². The summed E-state index contributed by atoms with van der Waals surface area (Å²) in [7, 11) is -1.79. The van der Waals surface area contributed by atoms with Gasteiger partial charge < -0.3 is 14.5 Å². The second-order valence-corrected chi connectivity index (χ2v) is 14.0. The molecule has 29 heavy (non-hydrogen) atoms. The lowest BCUT2D eigenvalue weighted by atomic mass is 9.95. The van der Waals surface area contributed by atoms with Crippen LogP contribution in [0.1, 0.15) is 71.4 Å². The van der Waals surface area contributed by atoms with Crippen molar-refractivity contribution in [3.8, 4) is 0 Å². The molecule has 0 saturated heterocycles. The average molecular weight is 443 g/mol. The number of aromatic nitrogens is 1. The van der Waals surface area contributed by atoms with Crippen molar-refractivity contribution in [3.05, 3.63) is 28.0 Å². The zero-order valence-electron chi connectivity index (χ0n) is 20.1. The number of ether oxygens (including phenoxy) is 1. The monoisotopic (exact) mass is 442 g/mol. The SMILES string of the molecule is CC[Si](CC)(CC)OC(CNCCOC(C)(C)C(C)C)c1c(C)cc(C)nc1Cl. The first-order chi connectivity index (χ1) is 13.5. The molecule has 0 saturated carbocycles. The summed E-state index contributed by atoms with van der Waals surface area (Å²) in [4.78, 5) is 4.51. The Kier molecular flexibility index (Phi) is 10.8. The zero-order chi connectivity index (χ0) is 22.2. The Labute approximate surface area is 185 Å². The van der Waals surface area contributed by atoms with E-state index in [1.807, 2.05) is 6.92 Å². The van der Waals surface area contributed by atoms with Crippen LogP contribution >= 0.6 is 11.6 Å². The Morgan fingerprint density at radius 2 is 1.72 bits per heavy atom. The van der Waals surface area contributed by atoms with Crippen LogP contribution in [0.25, 0.3) is 0 Å². The number of aryl methyl sites for hydroxylation is 2. The van der Waals surface area contributed by atoms with Gasteiger partial charge in [0.05, 0.1) is 18.3 Å². The van der Waals surface area contributed by atoms with Crippen LogP contribution in [-0.2, 0) is 9.16 Å². The lowest BCUT2D eigenvalue weighted by molar-refractivity contribution is -0.0487. The largest absolute Gasteiger partial charge is 0.409 e. The van der Waals surface area contributed by atoms with E-state index in [0.29, 0.717) is 24.2 Å². The molecule has 1 aromatic heterocycles. The number of nitrogens with one attached hydrogen (secondary N) is 1. The topological polar surface area (TPSA) is 43.4 Å². The van der Waals surface area contributed by atoms with E-state index < -0.39 is 8.32 Å². The normalized spacial score (nSPS) is 13.9. The molecule has 6 heteroatoms. The lowest BCUT2D eigenvalue weighted by Gasteiger charge is -2.34. The molecule has 1 heterocycles. The van der Waals surface area contributed by atoms with Gasteiger partial charge >= 0.3 is 0 Å². The first kappa shape index (κ1) is 26.6. The van der Waals surface area contributed by atoms with E-state index in [1.165, 1.54) is 0 Å². The highest BCUT2D eigenvalue weighted by Gasteiger charge is 2.34. The Morgan fingerprint density at radius 1 is 1.14 bits per heavy atom. The first-order valence-electron chi connectivity index (χ1n) is 11.2. The molecule has 0 aliphatic rings. The van der Waals surface area contributed by atoms with Crippen LogP contribution in [0.3, 0.4) is 0 Å². The number of hydrogen-bond acceptors (Lipinski definition) is 4. The number of nitrogens with zero attached hydrogens (tertiary/aromatic N) is 1. The number of halogens is 1. The van der Waals surface area contributed by atoms with Gasteiger partial charge in [-0.2, -0.15) is 0 Å². The molecule has 1 atom stereocenters. The Hall–Kier alpha value is -0.463. The molecule has 0 bridgehead atoms. The summed E-state index contributed by atoms with van der Waals surface area (Å²) in [6.45, 7) is 21.7. The van der Waals surface area contributed by atoms with Crippen LogP contribution in [0, 0.1) is 19.8 Å².